The first-order valence-corrected chi connectivity index (χ1v) is 8.15. The lowest BCUT2D eigenvalue weighted by Gasteiger charge is -2.30. The van der Waals surface area contributed by atoms with Crippen molar-refractivity contribution in [3.63, 3.8) is 0 Å². The zero-order valence-electron chi connectivity index (χ0n) is 11.3. The summed E-state index contributed by atoms with van der Waals surface area (Å²) < 4.78 is 0. The minimum absolute atomic E-state index is 0. The molecule has 0 heterocycles. The number of nitrogens with two attached hydrogens (primary N) is 1. The lowest BCUT2D eigenvalue weighted by molar-refractivity contribution is -0.122. The van der Waals surface area contributed by atoms with E-state index < -0.39 is 0 Å². The smallest absolute Gasteiger partial charge is 0.220 e. The highest BCUT2D eigenvalue weighted by molar-refractivity contribution is 7.98. The monoisotopic (exact) mass is 294 g/mol. The van der Waals surface area contributed by atoms with E-state index in [1.54, 1.807) is 11.8 Å². The third kappa shape index (κ3) is 6.86. The molecule has 0 spiro atoms. The molecule has 1 fully saturated rings. The fourth-order valence-electron chi connectivity index (χ4n) is 2.56. The Labute approximate surface area is 121 Å². The van der Waals surface area contributed by atoms with E-state index >= 15 is 0 Å². The van der Waals surface area contributed by atoms with Crippen LogP contribution in [0.1, 0.15) is 44.9 Å². The highest BCUT2D eigenvalue weighted by Crippen LogP contribution is 2.26. The van der Waals surface area contributed by atoms with Crippen LogP contribution in [0.5, 0.6) is 0 Å². The summed E-state index contributed by atoms with van der Waals surface area (Å²) in [6.07, 6.45) is 10.1. The van der Waals surface area contributed by atoms with Crippen LogP contribution in [0.4, 0.5) is 0 Å². The van der Waals surface area contributed by atoms with Gasteiger partial charge in [-0.15, -0.1) is 12.4 Å². The maximum absolute atomic E-state index is 11.8. The van der Waals surface area contributed by atoms with Crippen molar-refractivity contribution in [2.75, 3.05) is 18.6 Å². The Balaban J connectivity index is 0.00000289. The molecule has 0 aromatic heterocycles. The zero-order valence-corrected chi connectivity index (χ0v) is 13.0. The molecule has 3 nitrogen and oxygen atoms in total. The molecule has 0 saturated heterocycles. The molecule has 0 aromatic rings. The molecule has 0 radical (unpaired) electrons. The molecule has 0 bridgehead atoms. The molecule has 1 saturated carbocycles. The van der Waals surface area contributed by atoms with Crippen molar-refractivity contribution in [2.45, 2.75) is 51.0 Å². The van der Waals surface area contributed by atoms with E-state index in [0.717, 1.165) is 12.2 Å². The Hall–Kier alpha value is 0.0700. The van der Waals surface area contributed by atoms with E-state index in [-0.39, 0.29) is 24.4 Å². The molecule has 0 aromatic carbocycles. The highest BCUT2D eigenvalue weighted by Gasteiger charge is 2.23. The van der Waals surface area contributed by atoms with Crippen molar-refractivity contribution < 1.29 is 4.79 Å². The maximum atomic E-state index is 11.8. The average molecular weight is 295 g/mol. The van der Waals surface area contributed by atoms with Crippen molar-refractivity contribution in [3.8, 4) is 0 Å². The number of hydrogen-bond acceptors (Lipinski definition) is 3. The van der Waals surface area contributed by atoms with E-state index in [4.69, 9.17) is 5.73 Å². The van der Waals surface area contributed by atoms with Crippen LogP contribution < -0.4 is 11.1 Å². The first kappa shape index (κ1) is 18.1. The number of rotatable bonds is 7. The van der Waals surface area contributed by atoms with Gasteiger partial charge in [-0.05, 0) is 37.2 Å². The van der Waals surface area contributed by atoms with Crippen LogP contribution in [0.3, 0.4) is 0 Å². The molecule has 1 aliphatic rings. The number of halogens is 1. The largest absolute Gasteiger partial charge is 0.352 e. The van der Waals surface area contributed by atoms with Crippen molar-refractivity contribution in [3.05, 3.63) is 0 Å². The molecular formula is C13H27ClN2OS. The fourth-order valence-corrected chi connectivity index (χ4v) is 2.99. The van der Waals surface area contributed by atoms with Crippen LogP contribution in [0.2, 0.25) is 0 Å². The van der Waals surface area contributed by atoms with E-state index in [0.29, 0.717) is 18.9 Å². The SMILES string of the molecule is CSCCCC(=O)NC(CN)C1CCCCC1.Cl. The van der Waals surface area contributed by atoms with Gasteiger partial charge in [-0.1, -0.05) is 19.3 Å². The van der Waals surface area contributed by atoms with Gasteiger partial charge >= 0.3 is 0 Å². The summed E-state index contributed by atoms with van der Waals surface area (Å²) in [4.78, 5) is 11.8. The Morgan fingerprint density at radius 2 is 2.06 bits per heavy atom. The molecule has 3 N–H and O–H groups in total. The van der Waals surface area contributed by atoms with E-state index in [2.05, 4.69) is 11.6 Å². The van der Waals surface area contributed by atoms with E-state index in [9.17, 15) is 4.79 Å². The first-order chi connectivity index (χ1) is 8.27. The van der Waals surface area contributed by atoms with Crippen molar-refractivity contribution in [1.82, 2.24) is 5.32 Å². The molecule has 0 aliphatic heterocycles. The van der Waals surface area contributed by atoms with Gasteiger partial charge in [0.05, 0.1) is 0 Å². The average Bonchev–Trinajstić information content (AvgIpc) is 2.37. The molecular weight excluding hydrogens is 268 g/mol. The van der Waals surface area contributed by atoms with Crippen LogP contribution in [-0.2, 0) is 4.79 Å². The van der Waals surface area contributed by atoms with Gasteiger partial charge in [0, 0.05) is 19.0 Å². The third-order valence-electron chi connectivity index (χ3n) is 3.57. The summed E-state index contributed by atoms with van der Waals surface area (Å²) in [7, 11) is 0. The summed E-state index contributed by atoms with van der Waals surface area (Å²) in [5.41, 5.74) is 5.79. The normalized spacial score (nSPS) is 17.9. The van der Waals surface area contributed by atoms with Gasteiger partial charge in [0.2, 0.25) is 5.91 Å². The van der Waals surface area contributed by atoms with Crippen LogP contribution in [0.25, 0.3) is 0 Å². The molecule has 108 valence electrons. The van der Waals surface area contributed by atoms with Crippen molar-refractivity contribution >= 4 is 30.1 Å². The molecule has 1 rings (SSSR count). The predicted molar refractivity (Wildman–Crippen MR) is 82.4 cm³/mol. The predicted octanol–water partition coefficient (Wildman–Crippen LogP) is 2.58. The molecule has 1 amide bonds. The summed E-state index contributed by atoms with van der Waals surface area (Å²) in [5.74, 6) is 1.85. The van der Waals surface area contributed by atoms with Gasteiger partial charge in [-0.2, -0.15) is 11.8 Å². The van der Waals surface area contributed by atoms with Crippen LogP contribution in [0, 0.1) is 5.92 Å². The fraction of sp³-hybridized carbons (Fsp3) is 0.923. The number of hydrogen-bond donors (Lipinski definition) is 2. The Morgan fingerprint density at radius 1 is 1.39 bits per heavy atom. The quantitative estimate of drug-likeness (QED) is 0.710. The highest BCUT2D eigenvalue weighted by atomic mass is 35.5. The Morgan fingerprint density at radius 3 is 2.61 bits per heavy atom. The molecule has 1 aliphatic carbocycles. The zero-order chi connectivity index (χ0) is 12.5. The van der Waals surface area contributed by atoms with E-state index in [1.165, 1.54) is 32.1 Å². The van der Waals surface area contributed by atoms with Gasteiger partial charge in [-0.3, -0.25) is 4.79 Å². The van der Waals surface area contributed by atoms with Gasteiger partial charge in [0.25, 0.3) is 0 Å². The van der Waals surface area contributed by atoms with Gasteiger partial charge in [-0.25, -0.2) is 0 Å². The first-order valence-electron chi connectivity index (χ1n) is 6.76. The topological polar surface area (TPSA) is 55.1 Å². The third-order valence-corrected chi connectivity index (χ3v) is 4.27. The van der Waals surface area contributed by atoms with Gasteiger partial charge in [0.15, 0.2) is 0 Å². The Kier molecular flexibility index (Phi) is 11.0. The second-order valence-corrected chi connectivity index (χ2v) is 5.89. The Bertz CT molecular complexity index is 223. The number of amides is 1. The van der Waals surface area contributed by atoms with Gasteiger partial charge in [0.1, 0.15) is 0 Å². The van der Waals surface area contributed by atoms with E-state index in [1.807, 2.05) is 0 Å². The van der Waals surface area contributed by atoms with Crippen LogP contribution in [-0.4, -0.2) is 30.5 Å². The number of thioether (sulfide) groups is 1. The minimum atomic E-state index is 0. The molecule has 1 unspecified atom stereocenters. The minimum Gasteiger partial charge on any atom is -0.352 e. The summed E-state index contributed by atoms with van der Waals surface area (Å²) in [5, 5.41) is 3.12. The summed E-state index contributed by atoms with van der Waals surface area (Å²) >= 11 is 1.79. The van der Waals surface area contributed by atoms with Crippen LogP contribution >= 0.6 is 24.2 Å². The number of carbonyl (C=O) groups is 1. The standard InChI is InChI=1S/C13H26N2OS.ClH/c1-17-9-5-8-13(16)15-12(10-14)11-6-3-2-4-7-11;/h11-12H,2-10,14H2,1H3,(H,15,16);1H. The second-order valence-electron chi connectivity index (χ2n) is 4.90. The van der Waals surface area contributed by atoms with Crippen molar-refractivity contribution in [1.29, 1.82) is 0 Å². The van der Waals surface area contributed by atoms with Crippen molar-refractivity contribution in [2.24, 2.45) is 11.7 Å². The maximum Gasteiger partial charge on any atom is 0.220 e. The summed E-state index contributed by atoms with van der Waals surface area (Å²) in [6, 6.07) is 0.206. The summed E-state index contributed by atoms with van der Waals surface area (Å²) in [6.45, 7) is 0.582. The van der Waals surface area contributed by atoms with Gasteiger partial charge < -0.3 is 11.1 Å². The lowest BCUT2D eigenvalue weighted by Crippen LogP contribution is -2.45. The molecule has 18 heavy (non-hydrogen) atoms. The molecule has 1 atom stereocenters. The molecule has 5 heteroatoms. The van der Waals surface area contributed by atoms with Crippen LogP contribution in [0.15, 0.2) is 0 Å². The number of nitrogens with one attached hydrogen (secondary N) is 1. The second kappa shape index (κ2) is 10.9. The number of carbonyl (C=O) groups excluding carboxylic acids is 1. The lowest BCUT2D eigenvalue weighted by atomic mass is 9.84.